The highest BCUT2D eigenvalue weighted by Crippen LogP contribution is 2.26. The molecule has 0 aliphatic rings. The summed E-state index contributed by atoms with van der Waals surface area (Å²) in [7, 11) is 0. The zero-order chi connectivity index (χ0) is 16.7. The van der Waals surface area contributed by atoms with Crippen molar-refractivity contribution in [3.63, 3.8) is 0 Å². The van der Waals surface area contributed by atoms with Gasteiger partial charge in [0.05, 0.1) is 16.6 Å². The third kappa shape index (κ3) is 3.04. The van der Waals surface area contributed by atoms with Crippen LogP contribution < -0.4 is 5.56 Å². The van der Waals surface area contributed by atoms with E-state index in [2.05, 4.69) is 20.9 Å². The Bertz CT molecular complexity index is 990. The highest BCUT2D eigenvalue weighted by atomic mass is 127. The minimum absolute atomic E-state index is 0.229. The molecule has 3 aromatic rings. The van der Waals surface area contributed by atoms with Gasteiger partial charge in [0.15, 0.2) is 0 Å². The first-order valence-corrected chi connectivity index (χ1v) is 9.03. The van der Waals surface area contributed by atoms with Gasteiger partial charge in [-0.25, -0.2) is 9.37 Å². The van der Waals surface area contributed by atoms with Crippen LogP contribution in [0.5, 0.6) is 0 Å². The molecule has 0 bridgehead atoms. The van der Waals surface area contributed by atoms with E-state index < -0.39 is 0 Å². The summed E-state index contributed by atoms with van der Waals surface area (Å²) in [5, 5.41) is 0.951. The van der Waals surface area contributed by atoms with Crippen LogP contribution in [0.15, 0.2) is 39.6 Å². The Hall–Kier alpha value is -0.990. The first kappa shape index (κ1) is 16.9. The quantitative estimate of drug-likeness (QED) is 0.452. The van der Waals surface area contributed by atoms with E-state index in [1.54, 1.807) is 18.2 Å². The van der Waals surface area contributed by atoms with Gasteiger partial charge in [-0.3, -0.25) is 9.36 Å². The molecule has 0 amide bonds. The van der Waals surface area contributed by atoms with Gasteiger partial charge in [0.1, 0.15) is 11.6 Å². The lowest BCUT2D eigenvalue weighted by molar-refractivity contribution is 0.621. The van der Waals surface area contributed by atoms with Crippen molar-refractivity contribution in [3.8, 4) is 5.69 Å². The normalized spacial score (nSPS) is 11.2. The van der Waals surface area contributed by atoms with Gasteiger partial charge in [0.25, 0.3) is 5.56 Å². The van der Waals surface area contributed by atoms with Crippen molar-refractivity contribution in [3.05, 3.63) is 65.4 Å². The third-order valence-corrected chi connectivity index (χ3v) is 5.14. The summed E-state index contributed by atoms with van der Waals surface area (Å²) in [6, 6.07) is 8.03. The van der Waals surface area contributed by atoms with Gasteiger partial charge in [-0.15, -0.1) is 0 Å². The van der Waals surface area contributed by atoms with E-state index in [1.807, 2.05) is 29.5 Å². The summed E-state index contributed by atoms with van der Waals surface area (Å²) in [6.45, 7) is 1.90. The number of nitrogens with zero attached hydrogens (tertiary/aromatic N) is 2. The molecule has 0 aliphatic carbocycles. The number of fused-ring (bicyclic) bond motifs is 1. The van der Waals surface area contributed by atoms with E-state index in [1.165, 1.54) is 16.7 Å². The fraction of sp³-hybridized carbons (Fsp3) is 0.125. The molecule has 1 heterocycles. The van der Waals surface area contributed by atoms with E-state index in [-0.39, 0.29) is 11.4 Å². The Labute approximate surface area is 158 Å². The van der Waals surface area contributed by atoms with Gasteiger partial charge in [-0.2, -0.15) is 0 Å². The maximum absolute atomic E-state index is 13.8. The summed E-state index contributed by atoms with van der Waals surface area (Å²) in [6.07, 6.45) is 0.536. The number of benzene rings is 2. The van der Waals surface area contributed by atoms with Crippen molar-refractivity contribution in [1.29, 1.82) is 0 Å². The molecule has 3 nitrogen and oxygen atoms in total. The van der Waals surface area contributed by atoms with E-state index >= 15 is 0 Å². The molecule has 7 heteroatoms. The summed E-state index contributed by atoms with van der Waals surface area (Å²) < 4.78 is 16.4. The number of hydrogen-bond donors (Lipinski definition) is 0. The second-order valence-corrected chi connectivity index (χ2v) is 7.35. The number of aromatic nitrogens is 2. The Morgan fingerprint density at radius 1 is 1.35 bits per heavy atom. The maximum Gasteiger partial charge on any atom is 0.266 e. The smallest absolute Gasteiger partial charge is 0.266 e. The van der Waals surface area contributed by atoms with Crippen LogP contribution in [0.25, 0.3) is 16.6 Å². The first-order valence-electron chi connectivity index (χ1n) is 6.78. The molecule has 3 rings (SSSR count). The van der Waals surface area contributed by atoms with Crippen molar-refractivity contribution in [1.82, 2.24) is 9.55 Å². The van der Waals surface area contributed by atoms with Gasteiger partial charge >= 0.3 is 0 Å². The summed E-state index contributed by atoms with van der Waals surface area (Å²) in [5.74, 6) is 0.184. The third-order valence-electron chi connectivity index (χ3n) is 3.45. The molecule has 0 fully saturated rings. The summed E-state index contributed by atoms with van der Waals surface area (Å²) in [5.41, 5.74) is 0.795. The molecule has 0 aliphatic heterocycles. The lowest BCUT2D eigenvalue weighted by Crippen LogP contribution is -2.24. The summed E-state index contributed by atoms with van der Waals surface area (Å²) >= 11 is 11.3. The molecule has 23 heavy (non-hydrogen) atoms. The molecule has 1 aromatic heterocycles. The minimum atomic E-state index is -0.377. The molecule has 0 saturated heterocycles. The van der Waals surface area contributed by atoms with E-state index in [0.717, 1.165) is 0 Å². The number of hydrogen-bond acceptors (Lipinski definition) is 2. The number of halogens is 4. The van der Waals surface area contributed by atoms with Crippen LogP contribution in [-0.4, -0.2) is 9.55 Å². The van der Waals surface area contributed by atoms with Crippen LogP contribution >= 0.6 is 50.1 Å². The highest BCUT2D eigenvalue weighted by molar-refractivity contribution is 14.1. The SMILES string of the molecule is CCc1nc2cc(F)c(I)cc2c(=O)n1-c1ccc(Cl)cc1Br. The highest BCUT2D eigenvalue weighted by Gasteiger charge is 2.15. The topological polar surface area (TPSA) is 34.9 Å². The lowest BCUT2D eigenvalue weighted by Gasteiger charge is -2.14. The van der Waals surface area contributed by atoms with Gasteiger partial charge in [-0.1, -0.05) is 18.5 Å². The predicted octanol–water partition coefficient (Wildman–Crippen LogP) is 5.11. The zero-order valence-corrected chi connectivity index (χ0v) is 16.4. The van der Waals surface area contributed by atoms with Crippen LogP contribution in [0, 0.1) is 9.39 Å². The van der Waals surface area contributed by atoms with Gasteiger partial charge in [0.2, 0.25) is 0 Å². The average Bonchev–Trinajstić information content (AvgIpc) is 2.50. The average molecular weight is 508 g/mol. The Balaban J connectivity index is 2.42. The molecule has 0 unspecified atom stereocenters. The van der Waals surface area contributed by atoms with Crippen LogP contribution in [-0.2, 0) is 6.42 Å². The Kier molecular flexibility index (Phi) is 4.75. The van der Waals surface area contributed by atoms with Crippen molar-refractivity contribution in [2.75, 3.05) is 0 Å². The molecule has 118 valence electrons. The predicted molar refractivity (Wildman–Crippen MR) is 102 cm³/mol. The second-order valence-electron chi connectivity index (χ2n) is 4.90. The van der Waals surface area contributed by atoms with Crippen LogP contribution in [0.4, 0.5) is 4.39 Å². The molecule has 2 aromatic carbocycles. The van der Waals surface area contributed by atoms with Gasteiger partial charge < -0.3 is 0 Å². The first-order chi connectivity index (χ1) is 10.9. The van der Waals surface area contributed by atoms with E-state index in [9.17, 15) is 9.18 Å². The largest absolute Gasteiger partial charge is 0.268 e. The Morgan fingerprint density at radius 2 is 2.09 bits per heavy atom. The van der Waals surface area contributed by atoms with Crippen LogP contribution in [0.1, 0.15) is 12.7 Å². The van der Waals surface area contributed by atoms with Crippen LogP contribution in [0.2, 0.25) is 5.02 Å². The monoisotopic (exact) mass is 506 g/mol. The van der Waals surface area contributed by atoms with Gasteiger partial charge in [0, 0.05) is 25.6 Å². The fourth-order valence-corrected chi connectivity index (χ4v) is 3.70. The Morgan fingerprint density at radius 3 is 2.74 bits per heavy atom. The van der Waals surface area contributed by atoms with Crippen molar-refractivity contribution < 1.29 is 4.39 Å². The fourth-order valence-electron chi connectivity index (χ4n) is 2.38. The van der Waals surface area contributed by atoms with Crippen molar-refractivity contribution >= 4 is 61.0 Å². The standard InChI is InChI=1S/C16H10BrClFIN2O/c1-2-15-21-13-7-11(19)12(20)6-9(13)16(23)22(15)14-4-3-8(18)5-10(14)17/h3-7H,2H2,1H3. The van der Waals surface area contributed by atoms with Crippen molar-refractivity contribution in [2.45, 2.75) is 13.3 Å². The second kappa shape index (κ2) is 6.49. The van der Waals surface area contributed by atoms with Gasteiger partial charge in [-0.05, 0) is 62.8 Å². The molecule has 0 saturated carbocycles. The molecular weight excluding hydrogens is 497 g/mol. The zero-order valence-electron chi connectivity index (χ0n) is 11.9. The molecular formula is C16H10BrClFIN2O. The molecule has 0 atom stereocenters. The maximum atomic E-state index is 13.8. The molecule has 0 spiro atoms. The molecule has 0 N–H and O–H groups in total. The van der Waals surface area contributed by atoms with E-state index in [4.69, 9.17) is 11.6 Å². The van der Waals surface area contributed by atoms with E-state index in [0.29, 0.717) is 41.9 Å². The number of aryl methyl sites for hydroxylation is 1. The van der Waals surface area contributed by atoms with Crippen LogP contribution in [0.3, 0.4) is 0 Å². The molecule has 0 radical (unpaired) electrons. The number of rotatable bonds is 2. The van der Waals surface area contributed by atoms with Crippen molar-refractivity contribution in [2.24, 2.45) is 0 Å². The minimum Gasteiger partial charge on any atom is -0.268 e. The summed E-state index contributed by atoms with van der Waals surface area (Å²) in [4.78, 5) is 17.4. The lowest BCUT2D eigenvalue weighted by atomic mass is 10.2.